The van der Waals surface area contributed by atoms with Gasteiger partial charge in [0.1, 0.15) is 18.2 Å². The zero-order chi connectivity index (χ0) is 27.6. The van der Waals surface area contributed by atoms with Crippen LogP contribution in [0.3, 0.4) is 0 Å². The summed E-state index contributed by atoms with van der Waals surface area (Å²) >= 11 is 0. The molecule has 3 aliphatic heterocycles. The quantitative estimate of drug-likeness (QED) is 0.575. The molecule has 0 aliphatic carbocycles. The number of ether oxygens (including phenoxy) is 1. The maximum atomic E-state index is 13.7. The number of anilines is 1. The fraction of sp³-hybridized carbons (Fsp3) is 0.519. The number of nitrogens with one attached hydrogen (secondary N) is 2. The number of aryl methyl sites for hydroxylation is 1. The van der Waals surface area contributed by atoms with Crippen LogP contribution >= 0.6 is 0 Å². The second-order valence-electron chi connectivity index (χ2n) is 10.3. The molecule has 210 valence electrons. The molecule has 3 aliphatic rings. The predicted molar refractivity (Wildman–Crippen MR) is 138 cm³/mol. The minimum absolute atomic E-state index is 0.00361. The highest BCUT2D eigenvalue weighted by Gasteiger charge is 2.54. The number of hydrazine groups is 1. The largest absolute Gasteiger partial charge is 0.492 e. The van der Waals surface area contributed by atoms with Crippen molar-refractivity contribution in [2.45, 2.75) is 38.0 Å². The SMILES string of the molecule is Cc1ccc(N2CCN(C(=O)c3cccc(OC[C@@H]4CCCN4C4CNNC(=O)C4C(F)(F)F)c3)CC2)nc1. The van der Waals surface area contributed by atoms with Crippen LogP contribution in [0.25, 0.3) is 0 Å². The lowest BCUT2D eigenvalue weighted by Crippen LogP contribution is -2.65. The summed E-state index contributed by atoms with van der Waals surface area (Å²) in [6.45, 7) is 5.13. The molecule has 1 aromatic carbocycles. The molecule has 0 bridgehead atoms. The zero-order valence-electron chi connectivity index (χ0n) is 21.8. The Bertz CT molecular complexity index is 1170. The van der Waals surface area contributed by atoms with Crippen LogP contribution in [-0.2, 0) is 4.79 Å². The van der Waals surface area contributed by atoms with E-state index in [0.29, 0.717) is 50.5 Å². The Balaban J connectivity index is 1.18. The van der Waals surface area contributed by atoms with Crippen molar-refractivity contribution >= 4 is 17.6 Å². The number of alkyl halides is 3. The van der Waals surface area contributed by atoms with E-state index >= 15 is 0 Å². The first kappa shape index (κ1) is 27.2. The Morgan fingerprint density at radius 1 is 1.13 bits per heavy atom. The van der Waals surface area contributed by atoms with Crippen molar-refractivity contribution in [2.75, 3.05) is 50.8 Å². The third-order valence-electron chi connectivity index (χ3n) is 7.70. The molecule has 0 spiro atoms. The number of hydrogen-bond donors (Lipinski definition) is 2. The second kappa shape index (κ2) is 11.4. The Morgan fingerprint density at radius 2 is 1.92 bits per heavy atom. The van der Waals surface area contributed by atoms with Gasteiger partial charge in [-0.2, -0.15) is 13.2 Å². The number of aromatic nitrogens is 1. The van der Waals surface area contributed by atoms with Crippen LogP contribution in [0.4, 0.5) is 19.0 Å². The van der Waals surface area contributed by atoms with E-state index < -0.39 is 24.0 Å². The number of piperazine rings is 1. The average molecular weight is 547 g/mol. The van der Waals surface area contributed by atoms with Gasteiger partial charge in [-0.25, -0.2) is 10.4 Å². The first-order chi connectivity index (χ1) is 18.7. The Labute approximate surface area is 225 Å². The van der Waals surface area contributed by atoms with E-state index in [1.807, 2.05) is 25.3 Å². The highest BCUT2D eigenvalue weighted by molar-refractivity contribution is 5.94. The van der Waals surface area contributed by atoms with Gasteiger partial charge >= 0.3 is 6.18 Å². The van der Waals surface area contributed by atoms with Gasteiger partial charge in [-0.3, -0.25) is 19.9 Å². The highest BCUT2D eigenvalue weighted by Crippen LogP contribution is 2.35. The number of pyridine rings is 1. The molecule has 3 atom stereocenters. The smallest absolute Gasteiger partial charge is 0.402 e. The number of halogens is 3. The summed E-state index contributed by atoms with van der Waals surface area (Å²) in [5.41, 5.74) is 6.30. The molecule has 12 heteroatoms. The molecule has 9 nitrogen and oxygen atoms in total. The third-order valence-corrected chi connectivity index (χ3v) is 7.70. The second-order valence-corrected chi connectivity index (χ2v) is 10.3. The van der Waals surface area contributed by atoms with E-state index in [9.17, 15) is 22.8 Å². The molecule has 39 heavy (non-hydrogen) atoms. The summed E-state index contributed by atoms with van der Waals surface area (Å²) in [6, 6.07) is 9.65. The minimum Gasteiger partial charge on any atom is -0.492 e. The van der Waals surface area contributed by atoms with Crippen molar-refractivity contribution in [2.24, 2.45) is 5.92 Å². The number of carbonyl (C=O) groups excluding carboxylic acids is 2. The van der Waals surface area contributed by atoms with Crippen molar-refractivity contribution in [1.29, 1.82) is 0 Å². The van der Waals surface area contributed by atoms with Crippen LogP contribution in [-0.4, -0.2) is 90.7 Å². The van der Waals surface area contributed by atoms with Gasteiger partial charge in [-0.15, -0.1) is 0 Å². The molecule has 2 unspecified atom stereocenters. The monoisotopic (exact) mass is 546 g/mol. The van der Waals surface area contributed by atoms with E-state index in [1.54, 1.807) is 34.1 Å². The van der Waals surface area contributed by atoms with Crippen molar-refractivity contribution in [3.05, 3.63) is 53.7 Å². The van der Waals surface area contributed by atoms with Crippen LogP contribution in [0, 0.1) is 12.8 Å². The van der Waals surface area contributed by atoms with Gasteiger partial charge in [0.05, 0.1) is 0 Å². The van der Waals surface area contributed by atoms with Crippen LogP contribution in [0.5, 0.6) is 5.75 Å². The summed E-state index contributed by atoms with van der Waals surface area (Å²) in [5, 5.41) is 0. The van der Waals surface area contributed by atoms with Crippen LogP contribution < -0.4 is 20.5 Å². The van der Waals surface area contributed by atoms with Gasteiger partial charge in [0, 0.05) is 56.6 Å². The van der Waals surface area contributed by atoms with Crippen molar-refractivity contribution in [3.8, 4) is 5.75 Å². The molecular weight excluding hydrogens is 513 g/mol. The van der Waals surface area contributed by atoms with E-state index in [2.05, 4.69) is 20.7 Å². The molecule has 2 N–H and O–H groups in total. The van der Waals surface area contributed by atoms with Crippen molar-refractivity contribution in [1.82, 2.24) is 25.6 Å². The summed E-state index contributed by atoms with van der Waals surface area (Å²) < 4.78 is 47.0. The van der Waals surface area contributed by atoms with E-state index in [1.165, 1.54) is 0 Å². The molecule has 2 aromatic rings. The van der Waals surface area contributed by atoms with Gasteiger partial charge in [0.2, 0.25) is 5.91 Å². The van der Waals surface area contributed by atoms with E-state index in [-0.39, 0.29) is 25.1 Å². The summed E-state index contributed by atoms with van der Waals surface area (Å²) in [4.78, 5) is 35.4. The maximum absolute atomic E-state index is 13.7. The zero-order valence-corrected chi connectivity index (χ0v) is 21.8. The fourth-order valence-electron chi connectivity index (χ4n) is 5.64. The molecular formula is C27H33F3N6O3. The van der Waals surface area contributed by atoms with E-state index in [0.717, 1.165) is 17.8 Å². The van der Waals surface area contributed by atoms with Gasteiger partial charge in [-0.05, 0) is 56.1 Å². The lowest BCUT2D eigenvalue weighted by atomic mass is 9.94. The van der Waals surface area contributed by atoms with Crippen molar-refractivity contribution < 1.29 is 27.5 Å². The molecule has 3 fully saturated rings. The Morgan fingerprint density at radius 3 is 2.64 bits per heavy atom. The number of hydrogen-bond acceptors (Lipinski definition) is 7. The maximum Gasteiger partial charge on any atom is 0.402 e. The Hall–Kier alpha value is -3.38. The normalized spacial score (nSPS) is 24.5. The topological polar surface area (TPSA) is 90.0 Å². The molecule has 0 saturated carbocycles. The third kappa shape index (κ3) is 6.11. The average Bonchev–Trinajstić information content (AvgIpc) is 3.40. The molecule has 4 heterocycles. The number of amides is 2. The molecule has 0 radical (unpaired) electrons. The summed E-state index contributed by atoms with van der Waals surface area (Å²) in [5.74, 6) is -1.86. The summed E-state index contributed by atoms with van der Waals surface area (Å²) in [7, 11) is 0. The first-order valence-corrected chi connectivity index (χ1v) is 13.3. The number of carbonyl (C=O) groups is 2. The lowest BCUT2D eigenvalue weighted by Gasteiger charge is -2.40. The van der Waals surface area contributed by atoms with Crippen LogP contribution in [0.2, 0.25) is 0 Å². The first-order valence-electron chi connectivity index (χ1n) is 13.3. The van der Waals surface area contributed by atoms with E-state index in [4.69, 9.17) is 4.74 Å². The number of benzene rings is 1. The highest BCUT2D eigenvalue weighted by atomic mass is 19.4. The summed E-state index contributed by atoms with van der Waals surface area (Å²) in [6.07, 6.45) is -1.41. The van der Waals surface area contributed by atoms with Crippen LogP contribution in [0.15, 0.2) is 42.6 Å². The minimum atomic E-state index is -4.64. The number of likely N-dealkylation sites (tertiary alicyclic amines) is 1. The number of nitrogens with zero attached hydrogens (tertiary/aromatic N) is 4. The van der Waals surface area contributed by atoms with Crippen molar-refractivity contribution in [3.63, 3.8) is 0 Å². The van der Waals surface area contributed by atoms with Gasteiger partial charge in [-0.1, -0.05) is 12.1 Å². The molecule has 3 saturated heterocycles. The van der Waals surface area contributed by atoms with Gasteiger partial charge in [0.15, 0.2) is 5.92 Å². The van der Waals surface area contributed by atoms with Gasteiger partial charge in [0.25, 0.3) is 5.91 Å². The fourth-order valence-corrected chi connectivity index (χ4v) is 5.64. The molecule has 5 rings (SSSR count). The Kier molecular flexibility index (Phi) is 7.94. The lowest BCUT2D eigenvalue weighted by molar-refractivity contribution is -0.201. The standard InChI is InChI=1S/C27H33F3N6O3/c1-18-7-8-23(31-15-18)34-10-12-35(13-11-34)26(38)19-4-2-6-21(14-19)39-17-20-5-3-9-36(20)22-16-32-33-25(37)24(22)27(28,29)30/h2,4,6-8,14-15,20,22,24,32H,3,5,9-13,16-17H2,1H3,(H,33,37)/t20-,22?,24?/m0/s1. The molecule has 2 amide bonds. The predicted octanol–water partition coefficient (Wildman–Crippen LogP) is 2.38. The number of rotatable bonds is 6. The molecule has 1 aromatic heterocycles. The van der Waals surface area contributed by atoms with Crippen LogP contribution in [0.1, 0.15) is 28.8 Å². The van der Waals surface area contributed by atoms with Gasteiger partial charge < -0.3 is 14.5 Å².